The fraction of sp³-hybridized carbons (Fsp3) is 0.429. The fourth-order valence-corrected chi connectivity index (χ4v) is 0.345. The van der Waals surface area contributed by atoms with Gasteiger partial charge in [0.15, 0.2) is 0 Å². The number of allylic oxidation sites excluding steroid dienone is 2. The Morgan fingerprint density at radius 3 is 2.00 bits per heavy atom. The molecule has 0 N–H and O–H groups in total. The van der Waals surface area contributed by atoms with Gasteiger partial charge in [-0.15, -0.1) is 13.2 Å². The zero-order chi connectivity index (χ0) is 6.57. The molecule has 0 rings (SSSR count). The molecular formula is C7H11F. The van der Waals surface area contributed by atoms with Crippen molar-refractivity contribution in [1.82, 2.24) is 0 Å². The molecule has 8 heavy (non-hydrogen) atoms. The number of hydrogen-bond donors (Lipinski definition) is 0. The molecule has 0 saturated carbocycles. The van der Waals surface area contributed by atoms with E-state index >= 15 is 0 Å². The molecule has 2 atom stereocenters. The molecule has 46 valence electrons. The van der Waals surface area contributed by atoms with Gasteiger partial charge < -0.3 is 0 Å². The van der Waals surface area contributed by atoms with Crippen LogP contribution in [0.4, 0.5) is 4.39 Å². The monoisotopic (exact) mass is 114 g/mol. The summed E-state index contributed by atoms with van der Waals surface area (Å²) < 4.78 is 12.3. The van der Waals surface area contributed by atoms with Crippen molar-refractivity contribution >= 4 is 0 Å². The molecule has 0 aliphatic carbocycles. The largest absolute Gasteiger partial charge is 0.242 e. The molecule has 0 fully saturated rings. The zero-order valence-corrected chi connectivity index (χ0v) is 5.10. The Hall–Kier alpha value is -0.590. The molecule has 0 amide bonds. The van der Waals surface area contributed by atoms with Crippen molar-refractivity contribution in [2.75, 3.05) is 0 Å². The van der Waals surface area contributed by atoms with Gasteiger partial charge in [0.05, 0.1) is 0 Å². The summed E-state index contributed by atoms with van der Waals surface area (Å²) in [7, 11) is 0. The van der Waals surface area contributed by atoms with Crippen LogP contribution in [0.1, 0.15) is 6.92 Å². The molecule has 1 heteroatoms. The summed E-state index contributed by atoms with van der Waals surface area (Å²) in [5.41, 5.74) is 0. The Bertz CT molecular complexity index is 74.4. The van der Waals surface area contributed by atoms with E-state index in [4.69, 9.17) is 0 Å². The van der Waals surface area contributed by atoms with Gasteiger partial charge in [0.25, 0.3) is 0 Å². The topological polar surface area (TPSA) is 0 Å². The number of rotatable bonds is 3. The van der Waals surface area contributed by atoms with Crippen LogP contribution >= 0.6 is 0 Å². The number of alkyl halides is 1. The van der Waals surface area contributed by atoms with Crippen LogP contribution in [-0.2, 0) is 0 Å². The minimum atomic E-state index is -0.938. The van der Waals surface area contributed by atoms with Crippen LogP contribution in [0.25, 0.3) is 0 Å². The highest BCUT2D eigenvalue weighted by Gasteiger charge is 2.05. The third-order valence-electron chi connectivity index (χ3n) is 1.10. The summed E-state index contributed by atoms with van der Waals surface area (Å²) in [6.07, 6.45) is 1.92. The Balaban J connectivity index is 3.60. The molecule has 0 bridgehead atoms. The van der Waals surface area contributed by atoms with Gasteiger partial charge in [0.2, 0.25) is 0 Å². The van der Waals surface area contributed by atoms with Crippen LogP contribution in [0.15, 0.2) is 25.3 Å². The van der Waals surface area contributed by atoms with E-state index in [9.17, 15) is 4.39 Å². The highest BCUT2D eigenvalue weighted by Crippen LogP contribution is 2.07. The van der Waals surface area contributed by atoms with Crippen LogP contribution in [0, 0.1) is 5.92 Å². The first kappa shape index (κ1) is 7.41. The highest BCUT2D eigenvalue weighted by atomic mass is 19.1. The van der Waals surface area contributed by atoms with E-state index in [1.165, 1.54) is 6.08 Å². The van der Waals surface area contributed by atoms with Crippen molar-refractivity contribution in [3.05, 3.63) is 25.3 Å². The van der Waals surface area contributed by atoms with Crippen molar-refractivity contribution in [1.29, 1.82) is 0 Å². The van der Waals surface area contributed by atoms with E-state index < -0.39 is 6.17 Å². The van der Waals surface area contributed by atoms with Gasteiger partial charge in [0, 0.05) is 5.92 Å². The summed E-state index contributed by atoms with van der Waals surface area (Å²) in [6, 6.07) is 0. The summed E-state index contributed by atoms with van der Waals surface area (Å²) >= 11 is 0. The molecular weight excluding hydrogens is 103 g/mol. The minimum absolute atomic E-state index is 0.104. The van der Waals surface area contributed by atoms with Crippen LogP contribution in [-0.4, -0.2) is 6.17 Å². The van der Waals surface area contributed by atoms with Crippen molar-refractivity contribution in [2.24, 2.45) is 5.92 Å². The Morgan fingerprint density at radius 2 is 1.88 bits per heavy atom. The van der Waals surface area contributed by atoms with Crippen LogP contribution in [0.5, 0.6) is 0 Å². The Morgan fingerprint density at radius 1 is 1.38 bits per heavy atom. The summed E-state index contributed by atoms with van der Waals surface area (Å²) in [5.74, 6) is -0.104. The summed E-state index contributed by atoms with van der Waals surface area (Å²) in [4.78, 5) is 0. The van der Waals surface area contributed by atoms with E-state index in [-0.39, 0.29) is 5.92 Å². The van der Waals surface area contributed by atoms with E-state index in [1.54, 1.807) is 13.0 Å². The first-order valence-electron chi connectivity index (χ1n) is 2.61. The van der Waals surface area contributed by atoms with E-state index in [0.29, 0.717) is 0 Å². The average molecular weight is 114 g/mol. The summed E-state index contributed by atoms with van der Waals surface area (Å²) in [5, 5.41) is 0. The van der Waals surface area contributed by atoms with Gasteiger partial charge >= 0.3 is 0 Å². The maximum atomic E-state index is 12.3. The van der Waals surface area contributed by atoms with Crippen molar-refractivity contribution < 1.29 is 4.39 Å². The SMILES string of the molecule is C=CC(C)C(F)C=C. The second-order valence-corrected chi connectivity index (χ2v) is 1.77. The van der Waals surface area contributed by atoms with Crippen molar-refractivity contribution in [3.63, 3.8) is 0 Å². The minimum Gasteiger partial charge on any atom is -0.242 e. The molecule has 0 aromatic carbocycles. The van der Waals surface area contributed by atoms with E-state index in [1.807, 2.05) is 0 Å². The van der Waals surface area contributed by atoms with E-state index in [2.05, 4.69) is 13.2 Å². The van der Waals surface area contributed by atoms with Gasteiger partial charge in [-0.1, -0.05) is 19.1 Å². The van der Waals surface area contributed by atoms with Crippen molar-refractivity contribution in [3.8, 4) is 0 Å². The second kappa shape index (κ2) is 3.42. The lowest BCUT2D eigenvalue weighted by molar-refractivity contribution is 0.337. The number of halogens is 1. The van der Waals surface area contributed by atoms with E-state index in [0.717, 1.165) is 0 Å². The fourth-order valence-electron chi connectivity index (χ4n) is 0.345. The highest BCUT2D eigenvalue weighted by molar-refractivity contribution is 4.90. The van der Waals surface area contributed by atoms with Gasteiger partial charge in [-0.25, -0.2) is 4.39 Å². The first-order chi connectivity index (χ1) is 3.72. The predicted octanol–water partition coefficient (Wildman–Crippen LogP) is 2.33. The van der Waals surface area contributed by atoms with Crippen LogP contribution in [0.2, 0.25) is 0 Å². The third-order valence-corrected chi connectivity index (χ3v) is 1.10. The van der Waals surface area contributed by atoms with Gasteiger partial charge in [-0.3, -0.25) is 0 Å². The predicted molar refractivity (Wildman–Crippen MR) is 34.5 cm³/mol. The summed E-state index contributed by atoms with van der Waals surface area (Å²) in [6.45, 7) is 8.51. The Kier molecular flexibility index (Phi) is 3.16. The standard InChI is InChI=1S/C7H11F/c1-4-6(3)7(8)5-2/h4-7H,1-2H2,3H3. The van der Waals surface area contributed by atoms with Crippen LogP contribution < -0.4 is 0 Å². The lowest BCUT2D eigenvalue weighted by Gasteiger charge is -2.04. The molecule has 0 aliphatic heterocycles. The smallest absolute Gasteiger partial charge is 0.124 e. The molecule has 2 unspecified atom stereocenters. The average Bonchev–Trinajstić information content (AvgIpc) is 1.84. The lowest BCUT2D eigenvalue weighted by atomic mass is 10.1. The normalized spacial score (nSPS) is 16.8. The van der Waals surface area contributed by atoms with Crippen molar-refractivity contribution in [2.45, 2.75) is 13.1 Å². The molecule has 0 aromatic heterocycles. The van der Waals surface area contributed by atoms with Gasteiger partial charge in [0.1, 0.15) is 6.17 Å². The molecule has 0 aliphatic rings. The maximum Gasteiger partial charge on any atom is 0.124 e. The van der Waals surface area contributed by atoms with Crippen LogP contribution in [0.3, 0.4) is 0 Å². The molecule has 0 nitrogen and oxygen atoms in total. The number of hydrogen-bond acceptors (Lipinski definition) is 0. The lowest BCUT2D eigenvalue weighted by Crippen LogP contribution is -2.04. The maximum absolute atomic E-state index is 12.3. The molecule has 0 heterocycles. The third kappa shape index (κ3) is 1.92. The Labute approximate surface area is 49.7 Å². The molecule has 0 radical (unpaired) electrons. The first-order valence-corrected chi connectivity index (χ1v) is 2.61. The quantitative estimate of drug-likeness (QED) is 0.494. The second-order valence-electron chi connectivity index (χ2n) is 1.77. The molecule has 0 saturated heterocycles. The van der Waals surface area contributed by atoms with Gasteiger partial charge in [-0.2, -0.15) is 0 Å². The zero-order valence-electron chi connectivity index (χ0n) is 5.10. The molecule has 0 aromatic rings. The molecule has 0 spiro atoms. The van der Waals surface area contributed by atoms with Gasteiger partial charge in [-0.05, 0) is 0 Å².